The summed E-state index contributed by atoms with van der Waals surface area (Å²) < 4.78 is 2.09. The van der Waals surface area contributed by atoms with Crippen LogP contribution in [-0.2, 0) is 19.5 Å². The van der Waals surface area contributed by atoms with Gasteiger partial charge in [0, 0.05) is 29.6 Å². The summed E-state index contributed by atoms with van der Waals surface area (Å²) >= 11 is 1.57. The Bertz CT molecular complexity index is 876. The number of amides is 1. The zero-order valence-electron chi connectivity index (χ0n) is 13.6. The molecule has 0 aliphatic carbocycles. The molecule has 0 unspecified atom stereocenters. The lowest BCUT2D eigenvalue weighted by Crippen LogP contribution is -2.24. The topological polar surface area (TPSA) is 72.7 Å². The Morgan fingerprint density at radius 2 is 2.04 bits per heavy atom. The van der Waals surface area contributed by atoms with Gasteiger partial charge in [-0.25, -0.2) is 4.98 Å². The molecular formula is C18H17N5OS. The number of benzene rings is 1. The maximum atomic E-state index is 12.3. The van der Waals surface area contributed by atoms with Gasteiger partial charge >= 0.3 is 0 Å². The van der Waals surface area contributed by atoms with Crippen LogP contribution < -0.4 is 5.32 Å². The number of hydrogen-bond donors (Lipinski definition) is 1. The Hall–Kier alpha value is -2.67. The molecule has 0 bridgehead atoms. The highest BCUT2D eigenvalue weighted by Gasteiger charge is 2.17. The van der Waals surface area contributed by atoms with Crippen molar-refractivity contribution in [1.82, 2.24) is 25.1 Å². The molecule has 1 aliphatic rings. The SMILES string of the molecule is O=C(NCc1nnc2n1CCC2)c1ccc(Sc2ccccn2)cc1. The van der Waals surface area contributed by atoms with E-state index in [0.29, 0.717) is 12.1 Å². The molecule has 25 heavy (non-hydrogen) atoms. The Morgan fingerprint density at radius 1 is 1.16 bits per heavy atom. The maximum Gasteiger partial charge on any atom is 0.251 e. The molecule has 1 amide bonds. The highest BCUT2D eigenvalue weighted by atomic mass is 32.2. The van der Waals surface area contributed by atoms with Crippen LogP contribution in [-0.4, -0.2) is 25.7 Å². The fourth-order valence-corrected chi connectivity index (χ4v) is 3.58. The number of fused-ring (bicyclic) bond motifs is 1. The molecule has 4 rings (SSSR count). The quantitative estimate of drug-likeness (QED) is 0.765. The summed E-state index contributed by atoms with van der Waals surface area (Å²) in [6.07, 6.45) is 3.84. The van der Waals surface area contributed by atoms with Gasteiger partial charge in [0.25, 0.3) is 5.91 Å². The van der Waals surface area contributed by atoms with Gasteiger partial charge in [0.15, 0.2) is 5.82 Å². The van der Waals surface area contributed by atoms with E-state index in [1.807, 2.05) is 42.5 Å². The summed E-state index contributed by atoms with van der Waals surface area (Å²) in [6, 6.07) is 13.3. The Balaban J connectivity index is 1.37. The lowest BCUT2D eigenvalue weighted by atomic mass is 10.2. The number of carbonyl (C=O) groups is 1. The average Bonchev–Trinajstić information content (AvgIpc) is 3.25. The van der Waals surface area contributed by atoms with Crippen molar-refractivity contribution >= 4 is 17.7 Å². The van der Waals surface area contributed by atoms with E-state index in [9.17, 15) is 4.79 Å². The molecule has 3 aromatic rings. The van der Waals surface area contributed by atoms with Crippen LogP contribution in [0.15, 0.2) is 58.6 Å². The van der Waals surface area contributed by atoms with Crippen molar-refractivity contribution < 1.29 is 4.79 Å². The van der Waals surface area contributed by atoms with Gasteiger partial charge in [-0.1, -0.05) is 17.8 Å². The first kappa shape index (κ1) is 15.8. The smallest absolute Gasteiger partial charge is 0.251 e. The van der Waals surface area contributed by atoms with Crippen molar-refractivity contribution in [3.05, 3.63) is 65.9 Å². The van der Waals surface area contributed by atoms with Crippen molar-refractivity contribution in [3.8, 4) is 0 Å². The Labute approximate surface area is 149 Å². The highest BCUT2D eigenvalue weighted by molar-refractivity contribution is 7.99. The van der Waals surface area contributed by atoms with Crippen molar-refractivity contribution in [2.75, 3.05) is 0 Å². The van der Waals surface area contributed by atoms with E-state index in [1.165, 1.54) is 0 Å². The number of nitrogens with one attached hydrogen (secondary N) is 1. The van der Waals surface area contributed by atoms with Gasteiger partial charge < -0.3 is 9.88 Å². The van der Waals surface area contributed by atoms with Crippen LogP contribution in [0.5, 0.6) is 0 Å². The third-order valence-corrected chi connectivity index (χ3v) is 5.03. The molecule has 6 nitrogen and oxygen atoms in total. The largest absolute Gasteiger partial charge is 0.345 e. The Kier molecular flexibility index (Phi) is 4.47. The first-order valence-corrected chi connectivity index (χ1v) is 8.99. The molecule has 1 aromatic carbocycles. The van der Waals surface area contributed by atoms with Gasteiger partial charge in [0.2, 0.25) is 0 Å². The minimum absolute atomic E-state index is 0.107. The summed E-state index contributed by atoms with van der Waals surface area (Å²) in [5.41, 5.74) is 0.631. The van der Waals surface area contributed by atoms with Crippen LogP contribution in [0.25, 0.3) is 0 Å². The molecule has 0 atom stereocenters. The second kappa shape index (κ2) is 7.06. The van der Waals surface area contributed by atoms with Crippen molar-refractivity contribution in [3.63, 3.8) is 0 Å². The van der Waals surface area contributed by atoms with Crippen LogP contribution >= 0.6 is 11.8 Å². The van der Waals surface area contributed by atoms with Crippen LogP contribution in [0.3, 0.4) is 0 Å². The fraction of sp³-hybridized carbons (Fsp3) is 0.222. The number of aryl methyl sites for hydroxylation is 1. The predicted octanol–water partition coefficient (Wildman–Crippen LogP) is 2.70. The standard InChI is InChI=1S/C18H17N5OS/c24-18(20-12-16-22-21-15-4-3-11-23(15)16)13-6-8-14(9-7-13)25-17-5-1-2-10-19-17/h1-2,5-10H,3-4,11-12H2,(H,20,24). The second-order valence-electron chi connectivity index (χ2n) is 5.76. The number of aromatic nitrogens is 4. The van der Waals surface area contributed by atoms with Gasteiger partial charge in [-0.15, -0.1) is 10.2 Å². The molecule has 2 aromatic heterocycles. The van der Waals surface area contributed by atoms with Crippen LogP contribution in [0.1, 0.15) is 28.4 Å². The molecule has 0 spiro atoms. The van der Waals surface area contributed by atoms with E-state index in [-0.39, 0.29) is 5.91 Å². The minimum Gasteiger partial charge on any atom is -0.345 e. The van der Waals surface area contributed by atoms with E-state index in [0.717, 1.165) is 41.0 Å². The van der Waals surface area contributed by atoms with Crippen LogP contribution in [0.4, 0.5) is 0 Å². The molecule has 0 fully saturated rings. The third kappa shape index (κ3) is 3.56. The van der Waals surface area contributed by atoms with Crippen LogP contribution in [0, 0.1) is 0 Å². The number of nitrogens with zero attached hydrogens (tertiary/aromatic N) is 4. The van der Waals surface area contributed by atoms with Crippen molar-refractivity contribution in [2.45, 2.75) is 35.9 Å². The second-order valence-corrected chi connectivity index (χ2v) is 6.86. The number of rotatable bonds is 5. The summed E-state index contributed by atoms with van der Waals surface area (Å²) in [7, 11) is 0. The number of carbonyl (C=O) groups excluding carboxylic acids is 1. The zero-order chi connectivity index (χ0) is 17.1. The molecule has 1 aliphatic heterocycles. The van der Waals surface area contributed by atoms with Gasteiger partial charge in [0.05, 0.1) is 6.54 Å². The highest BCUT2D eigenvalue weighted by Crippen LogP contribution is 2.25. The minimum atomic E-state index is -0.107. The van der Waals surface area contributed by atoms with Gasteiger partial charge in [-0.2, -0.15) is 0 Å². The lowest BCUT2D eigenvalue weighted by molar-refractivity contribution is 0.0949. The van der Waals surface area contributed by atoms with Gasteiger partial charge in [0.1, 0.15) is 10.9 Å². The van der Waals surface area contributed by atoms with E-state index < -0.39 is 0 Å². The molecule has 1 N–H and O–H groups in total. The summed E-state index contributed by atoms with van der Waals surface area (Å²) in [4.78, 5) is 17.7. The molecule has 0 saturated heterocycles. The average molecular weight is 351 g/mol. The van der Waals surface area contributed by atoms with Crippen molar-refractivity contribution in [1.29, 1.82) is 0 Å². The third-order valence-electron chi connectivity index (χ3n) is 4.07. The van der Waals surface area contributed by atoms with Gasteiger partial charge in [-0.05, 0) is 42.8 Å². The van der Waals surface area contributed by atoms with E-state index in [2.05, 4.69) is 25.1 Å². The normalized spacial score (nSPS) is 12.8. The van der Waals surface area contributed by atoms with Crippen molar-refractivity contribution in [2.24, 2.45) is 0 Å². The Morgan fingerprint density at radius 3 is 2.84 bits per heavy atom. The summed E-state index contributed by atoms with van der Waals surface area (Å²) in [5.74, 6) is 1.73. The molecule has 7 heteroatoms. The number of hydrogen-bond acceptors (Lipinski definition) is 5. The first-order valence-electron chi connectivity index (χ1n) is 8.18. The van der Waals surface area contributed by atoms with Gasteiger partial charge in [-0.3, -0.25) is 4.79 Å². The van der Waals surface area contributed by atoms with Crippen LogP contribution in [0.2, 0.25) is 0 Å². The van der Waals surface area contributed by atoms with E-state index >= 15 is 0 Å². The maximum absolute atomic E-state index is 12.3. The summed E-state index contributed by atoms with van der Waals surface area (Å²) in [5, 5.41) is 12.2. The molecular weight excluding hydrogens is 334 g/mol. The summed E-state index contributed by atoms with van der Waals surface area (Å²) in [6.45, 7) is 1.34. The zero-order valence-corrected chi connectivity index (χ0v) is 14.4. The molecule has 126 valence electrons. The predicted molar refractivity (Wildman–Crippen MR) is 94.3 cm³/mol. The number of pyridine rings is 1. The van der Waals surface area contributed by atoms with E-state index in [1.54, 1.807) is 18.0 Å². The molecule has 0 radical (unpaired) electrons. The fourth-order valence-electron chi connectivity index (χ4n) is 2.81. The monoisotopic (exact) mass is 351 g/mol. The van der Waals surface area contributed by atoms with E-state index in [4.69, 9.17) is 0 Å². The molecule has 3 heterocycles. The lowest BCUT2D eigenvalue weighted by Gasteiger charge is -2.07. The molecule has 0 saturated carbocycles. The first-order chi connectivity index (χ1) is 12.3.